The van der Waals surface area contributed by atoms with Crippen molar-refractivity contribution < 1.29 is 9.84 Å². The van der Waals surface area contributed by atoms with Crippen LogP contribution in [0, 0.1) is 6.92 Å². The molecule has 0 radical (unpaired) electrons. The zero-order valence-corrected chi connectivity index (χ0v) is 7.95. The van der Waals surface area contributed by atoms with Crippen LogP contribution in [0.2, 0.25) is 0 Å². The zero-order chi connectivity index (χ0) is 9.84. The summed E-state index contributed by atoms with van der Waals surface area (Å²) in [4.78, 5) is 0. The topological polar surface area (TPSA) is 55.5 Å². The summed E-state index contributed by atoms with van der Waals surface area (Å²) in [7, 11) is 1.61. The Hall–Kier alpha value is -1.06. The van der Waals surface area contributed by atoms with Crippen molar-refractivity contribution in [2.45, 2.75) is 13.0 Å². The predicted molar refractivity (Wildman–Crippen MR) is 51.6 cm³/mol. The van der Waals surface area contributed by atoms with Crippen molar-refractivity contribution >= 4 is 0 Å². The zero-order valence-electron chi connectivity index (χ0n) is 7.95. The summed E-state index contributed by atoms with van der Waals surface area (Å²) in [5.41, 5.74) is 7.60. The van der Waals surface area contributed by atoms with Gasteiger partial charge < -0.3 is 15.6 Å². The van der Waals surface area contributed by atoms with Gasteiger partial charge in [-0.1, -0.05) is 12.1 Å². The van der Waals surface area contributed by atoms with Crippen LogP contribution in [0.3, 0.4) is 0 Å². The summed E-state index contributed by atoms with van der Waals surface area (Å²) < 4.78 is 4.95. The lowest BCUT2D eigenvalue weighted by Crippen LogP contribution is -2.17. The van der Waals surface area contributed by atoms with E-state index in [-0.39, 0.29) is 11.8 Å². The lowest BCUT2D eigenvalue weighted by Gasteiger charge is -2.14. The number of ether oxygens (including phenoxy) is 1. The summed E-state index contributed by atoms with van der Waals surface area (Å²) in [6.45, 7) is 2.31. The third-order valence-corrected chi connectivity index (χ3v) is 2.09. The van der Waals surface area contributed by atoms with E-state index >= 15 is 0 Å². The Balaban J connectivity index is 2.93. The SMILES string of the molecule is COC[C@H](N)c1cccc(O)c1C. The van der Waals surface area contributed by atoms with Crippen molar-refractivity contribution in [1.29, 1.82) is 0 Å². The Bertz CT molecular complexity index is 286. The lowest BCUT2D eigenvalue weighted by atomic mass is 10.0. The van der Waals surface area contributed by atoms with Gasteiger partial charge in [-0.05, 0) is 24.1 Å². The van der Waals surface area contributed by atoms with Crippen LogP contribution in [-0.4, -0.2) is 18.8 Å². The van der Waals surface area contributed by atoms with Crippen LogP contribution < -0.4 is 5.73 Å². The van der Waals surface area contributed by atoms with Gasteiger partial charge in [-0.2, -0.15) is 0 Å². The molecule has 1 aromatic rings. The van der Waals surface area contributed by atoms with Crippen molar-refractivity contribution in [3.8, 4) is 5.75 Å². The molecule has 0 unspecified atom stereocenters. The molecule has 3 nitrogen and oxygen atoms in total. The molecule has 72 valence electrons. The van der Waals surface area contributed by atoms with Crippen LogP contribution in [0.15, 0.2) is 18.2 Å². The minimum absolute atomic E-state index is 0.169. The van der Waals surface area contributed by atoms with E-state index in [1.54, 1.807) is 19.2 Å². The fraction of sp³-hybridized carbons (Fsp3) is 0.400. The lowest BCUT2D eigenvalue weighted by molar-refractivity contribution is 0.180. The number of hydrogen-bond donors (Lipinski definition) is 2. The Morgan fingerprint density at radius 3 is 2.85 bits per heavy atom. The molecule has 3 heteroatoms. The number of phenols is 1. The van der Waals surface area contributed by atoms with Crippen molar-refractivity contribution in [3.63, 3.8) is 0 Å². The summed E-state index contributed by atoms with van der Waals surface area (Å²) in [5.74, 6) is 0.282. The molecule has 0 amide bonds. The van der Waals surface area contributed by atoms with Gasteiger partial charge in [0.15, 0.2) is 0 Å². The van der Waals surface area contributed by atoms with E-state index in [2.05, 4.69) is 0 Å². The van der Waals surface area contributed by atoms with Crippen LogP contribution >= 0.6 is 0 Å². The van der Waals surface area contributed by atoms with Gasteiger partial charge in [0.05, 0.1) is 12.6 Å². The summed E-state index contributed by atoms with van der Waals surface area (Å²) >= 11 is 0. The second-order valence-corrected chi connectivity index (χ2v) is 3.05. The van der Waals surface area contributed by atoms with Crippen LogP contribution in [0.25, 0.3) is 0 Å². The van der Waals surface area contributed by atoms with Gasteiger partial charge in [0.1, 0.15) is 5.75 Å². The molecule has 0 aromatic heterocycles. The maximum atomic E-state index is 9.42. The molecular formula is C10H15NO2. The van der Waals surface area contributed by atoms with Crippen molar-refractivity contribution in [3.05, 3.63) is 29.3 Å². The minimum Gasteiger partial charge on any atom is -0.508 e. The van der Waals surface area contributed by atoms with Gasteiger partial charge in [0.25, 0.3) is 0 Å². The van der Waals surface area contributed by atoms with E-state index in [4.69, 9.17) is 10.5 Å². The van der Waals surface area contributed by atoms with Crippen molar-refractivity contribution in [1.82, 2.24) is 0 Å². The van der Waals surface area contributed by atoms with Gasteiger partial charge in [0.2, 0.25) is 0 Å². The minimum atomic E-state index is -0.169. The molecule has 0 aliphatic carbocycles. The molecule has 1 atom stereocenters. The fourth-order valence-electron chi connectivity index (χ4n) is 1.31. The normalized spacial score (nSPS) is 12.8. The van der Waals surface area contributed by atoms with Crippen molar-refractivity contribution in [2.24, 2.45) is 5.73 Å². The predicted octanol–water partition coefficient (Wildman–Crippen LogP) is 1.35. The fourth-order valence-corrected chi connectivity index (χ4v) is 1.31. The van der Waals surface area contributed by atoms with E-state index in [0.29, 0.717) is 6.61 Å². The number of methoxy groups -OCH3 is 1. The van der Waals surface area contributed by atoms with Gasteiger partial charge in [-0.3, -0.25) is 0 Å². The number of hydrogen-bond acceptors (Lipinski definition) is 3. The molecule has 0 saturated carbocycles. The highest BCUT2D eigenvalue weighted by Crippen LogP contribution is 2.23. The van der Waals surface area contributed by atoms with Crippen molar-refractivity contribution in [2.75, 3.05) is 13.7 Å². The molecule has 0 saturated heterocycles. The van der Waals surface area contributed by atoms with Crippen LogP contribution in [0.1, 0.15) is 17.2 Å². The summed E-state index contributed by atoms with van der Waals surface area (Å²) in [6.07, 6.45) is 0. The number of rotatable bonds is 3. The average molecular weight is 181 g/mol. The molecule has 1 aromatic carbocycles. The summed E-state index contributed by atoms with van der Waals surface area (Å²) in [6, 6.07) is 5.17. The third kappa shape index (κ3) is 2.20. The highest BCUT2D eigenvalue weighted by atomic mass is 16.5. The monoisotopic (exact) mass is 181 g/mol. The molecule has 0 fully saturated rings. The van der Waals surface area contributed by atoms with E-state index < -0.39 is 0 Å². The highest BCUT2D eigenvalue weighted by molar-refractivity contribution is 5.39. The van der Waals surface area contributed by atoms with E-state index in [0.717, 1.165) is 11.1 Å². The first-order valence-corrected chi connectivity index (χ1v) is 4.19. The summed E-state index contributed by atoms with van der Waals surface area (Å²) in [5, 5.41) is 9.42. The largest absolute Gasteiger partial charge is 0.508 e. The van der Waals surface area contributed by atoms with E-state index in [9.17, 15) is 5.11 Å². The number of phenolic OH excluding ortho intramolecular Hbond substituents is 1. The molecule has 1 rings (SSSR count). The second kappa shape index (κ2) is 4.25. The molecule has 3 N–H and O–H groups in total. The van der Waals surface area contributed by atoms with Gasteiger partial charge >= 0.3 is 0 Å². The number of aromatic hydroxyl groups is 1. The first-order chi connectivity index (χ1) is 6.16. The second-order valence-electron chi connectivity index (χ2n) is 3.05. The Labute approximate surface area is 78.1 Å². The van der Waals surface area contributed by atoms with Crippen LogP contribution in [0.5, 0.6) is 5.75 Å². The third-order valence-electron chi connectivity index (χ3n) is 2.09. The first-order valence-electron chi connectivity index (χ1n) is 4.19. The Morgan fingerprint density at radius 2 is 2.23 bits per heavy atom. The number of nitrogens with two attached hydrogens (primary N) is 1. The van der Waals surface area contributed by atoms with Crippen LogP contribution in [-0.2, 0) is 4.74 Å². The first kappa shape index (κ1) is 10.0. The molecule has 13 heavy (non-hydrogen) atoms. The molecule has 0 bridgehead atoms. The number of benzene rings is 1. The average Bonchev–Trinajstić information content (AvgIpc) is 2.10. The van der Waals surface area contributed by atoms with Gasteiger partial charge in [0, 0.05) is 7.11 Å². The maximum absolute atomic E-state index is 9.42. The van der Waals surface area contributed by atoms with E-state index in [1.165, 1.54) is 0 Å². The highest BCUT2D eigenvalue weighted by Gasteiger charge is 2.10. The maximum Gasteiger partial charge on any atom is 0.118 e. The Morgan fingerprint density at radius 1 is 1.54 bits per heavy atom. The molecular weight excluding hydrogens is 166 g/mol. The molecule has 0 aliphatic rings. The van der Waals surface area contributed by atoms with E-state index in [1.807, 2.05) is 13.0 Å². The van der Waals surface area contributed by atoms with Gasteiger partial charge in [-0.15, -0.1) is 0 Å². The Kier molecular flexibility index (Phi) is 3.28. The molecule has 0 heterocycles. The quantitative estimate of drug-likeness (QED) is 0.740. The molecule has 0 spiro atoms. The smallest absolute Gasteiger partial charge is 0.118 e. The standard InChI is InChI=1S/C10H15NO2/c1-7-8(9(11)6-13-2)4-3-5-10(7)12/h3-5,9,12H,6,11H2,1-2H3/t9-/m0/s1. The van der Waals surface area contributed by atoms with Crippen LogP contribution in [0.4, 0.5) is 0 Å². The molecule has 0 aliphatic heterocycles. The van der Waals surface area contributed by atoms with Gasteiger partial charge in [-0.25, -0.2) is 0 Å².